The summed E-state index contributed by atoms with van der Waals surface area (Å²) in [6.45, 7) is 0. The zero-order valence-electron chi connectivity index (χ0n) is 13.3. The molecule has 6 heteroatoms. The summed E-state index contributed by atoms with van der Waals surface area (Å²) >= 11 is 0. The Balaban J connectivity index is 1.83. The number of hydrogen-bond acceptors (Lipinski definition) is 3. The molecule has 23 heavy (non-hydrogen) atoms. The van der Waals surface area contributed by atoms with Gasteiger partial charge in [-0.2, -0.15) is 0 Å². The number of H-pyrrole nitrogens is 1. The highest BCUT2D eigenvalue weighted by atomic mass is 16.2. The average molecular weight is 310 g/mol. The lowest BCUT2D eigenvalue weighted by atomic mass is 10.2. The predicted octanol–water partition coefficient (Wildman–Crippen LogP) is 2.18. The van der Waals surface area contributed by atoms with E-state index < -0.39 is 0 Å². The van der Waals surface area contributed by atoms with Crippen molar-refractivity contribution in [2.75, 3.05) is 24.3 Å². The van der Waals surface area contributed by atoms with Gasteiger partial charge in [-0.05, 0) is 42.5 Å². The Labute approximate surface area is 133 Å². The first-order valence-electron chi connectivity index (χ1n) is 7.23. The third-order valence-electron chi connectivity index (χ3n) is 3.81. The third-order valence-corrected chi connectivity index (χ3v) is 3.81. The Morgan fingerprint density at radius 1 is 1.13 bits per heavy atom. The molecule has 0 spiro atoms. The monoisotopic (exact) mass is 310 g/mol. The lowest BCUT2D eigenvalue weighted by molar-refractivity contribution is 0.102. The van der Waals surface area contributed by atoms with Gasteiger partial charge in [0, 0.05) is 38.1 Å². The van der Waals surface area contributed by atoms with Crippen LogP contribution in [0, 0.1) is 0 Å². The second kappa shape index (κ2) is 5.64. The van der Waals surface area contributed by atoms with Gasteiger partial charge >= 0.3 is 5.69 Å². The largest absolute Gasteiger partial charge is 0.378 e. The number of amides is 1. The van der Waals surface area contributed by atoms with E-state index in [0.29, 0.717) is 16.8 Å². The van der Waals surface area contributed by atoms with Crippen LogP contribution in [0.25, 0.3) is 11.0 Å². The number of imidazole rings is 1. The van der Waals surface area contributed by atoms with Crippen LogP contribution in [0.4, 0.5) is 11.4 Å². The number of fused-ring (bicyclic) bond motifs is 1. The molecule has 3 rings (SSSR count). The molecule has 1 amide bonds. The summed E-state index contributed by atoms with van der Waals surface area (Å²) in [5.74, 6) is -0.187. The first-order valence-corrected chi connectivity index (χ1v) is 7.23. The first-order chi connectivity index (χ1) is 11.0. The van der Waals surface area contributed by atoms with Crippen molar-refractivity contribution >= 4 is 28.3 Å². The van der Waals surface area contributed by atoms with Gasteiger partial charge in [-0.3, -0.25) is 9.36 Å². The lowest BCUT2D eigenvalue weighted by Gasteiger charge is -2.12. The second-order valence-corrected chi connectivity index (χ2v) is 5.62. The van der Waals surface area contributed by atoms with Gasteiger partial charge in [-0.15, -0.1) is 0 Å². The maximum absolute atomic E-state index is 12.3. The van der Waals surface area contributed by atoms with E-state index >= 15 is 0 Å². The van der Waals surface area contributed by atoms with Gasteiger partial charge in [0.15, 0.2) is 0 Å². The smallest absolute Gasteiger partial charge is 0.326 e. The number of aryl methyl sites for hydroxylation is 1. The van der Waals surface area contributed by atoms with Gasteiger partial charge in [-0.1, -0.05) is 0 Å². The normalized spacial score (nSPS) is 10.7. The molecule has 2 aromatic carbocycles. The molecule has 118 valence electrons. The van der Waals surface area contributed by atoms with Crippen LogP contribution < -0.4 is 15.9 Å². The number of rotatable bonds is 3. The Bertz CT molecular complexity index is 920. The van der Waals surface area contributed by atoms with E-state index in [1.807, 2.05) is 31.1 Å². The van der Waals surface area contributed by atoms with Crippen molar-refractivity contribution in [1.29, 1.82) is 0 Å². The predicted molar refractivity (Wildman–Crippen MR) is 92.3 cm³/mol. The SMILES string of the molecule is CN(C)c1ccc(C(=O)Nc2ccc3c(c2)[nH]c(=O)n3C)cc1. The van der Waals surface area contributed by atoms with E-state index in [-0.39, 0.29) is 11.6 Å². The average Bonchev–Trinajstić information content (AvgIpc) is 2.81. The zero-order chi connectivity index (χ0) is 16.6. The van der Waals surface area contributed by atoms with Gasteiger partial charge in [0.25, 0.3) is 5.91 Å². The van der Waals surface area contributed by atoms with Gasteiger partial charge in [0.1, 0.15) is 0 Å². The fourth-order valence-corrected chi connectivity index (χ4v) is 2.43. The highest BCUT2D eigenvalue weighted by Gasteiger charge is 2.09. The van der Waals surface area contributed by atoms with Crippen molar-refractivity contribution in [2.24, 2.45) is 7.05 Å². The van der Waals surface area contributed by atoms with Gasteiger partial charge in [-0.25, -0.2) is 4.79 Å². The molecule has 0 aliphatic rings. The van der Waals surface area contributed by atoms with Crippen molar-refractivity contribution < 1.29 is 4.79 Å². The molecule has 3 aromatic rings. The van der Waals surface area contributed by atoms with Crippen LogP contribution in [0.15, 0.2) is 47.3 Å². The first kappa shape index (κ1) is 14.9. The molecule has 6 nitrogen and oxygen atoms in total. The highest BCUT2D eigenvalue weighted by molar-refractivity contribution is 6.05. The van der Waals surface area contributed by atoms with Crippen LogP contribution in [0.3, 0.4) is 0 Å². The topological polar surface area (TPSA) is 70.1 Å². The van der Waals surface area contributed by atoms with E-state index in [0.717, 1.165) is 11.2 Å². The number of carbonyl (C=O) groups is 1. The highest BCUT2D eigenvalue weighted by Crippen LogP contribution is 2.18. The standard InChI is InChI=1S/C17H18N4O2/c1-20(2)13-7-4-11(5-8-13)16(22)18-12-6-9-15-14(10-12)19-17(23)21(15)3/h4-10H,1-3H3,(H,18,22)(H,19,23). The van der Waals surface area contributed by atoms with Gasteiger partial charge in [0.2, 0.25) is 0 Å². The number of hydrogen-bond donors (Lipinski definition) is 2. The number of benzene rings is 2. The summed E-state index contributed by atoms with van der Waals surface area (Å²) in [4.78, 5) is 28.6. The molecule has 0 aliphatic heterocycles. The molecule has 0 saturated carbocycles. The fraction of sp³-hybridized carbons (Fsp3) is 0.176. The Morgan fingerprint density at radius 3 is 2.48 bits per heavy atom. The van der Waals surface area contributed by atoms with E-state index in [2.05, 4.69) is 10.3 Å². The minimum Gasteiger partial charge on any atom is -0.378 e. The molecule has 0 radical (unpaired) electrons. The molecular formula is C17H18N4O2. The molecule has 0 saturated heterocycles. The molecule has 0 aliphatic carbocycles. The number of aromatic nitrogens is 2. The van der Waals surface area contributed by atoms with Crippen LogP contribution in [-0.2, 0) is 7.05 Å². The second-order valence-electron chi connectivity index (χ2n) is 5.62. The van der Waals surface area contributed by atoms with Crippen LogP contribution >= 0.6 is 0 Å². The quantitative estimate of drug-likeness (QED) is 0.779. The zero-order valence-corrected chi connectivity index (χ0v) is 13.3. The van der Waals surface area contributed by atoms with Gasteiger partial charge < -0.3 is 15.2 Å². The Morgan fingerprint density at radius 2 is 1.83 bits per heavy atom. The Kier molecular flexibility index (Phi) is 3.65. The van der Waals surface area contributed by atoms with Gasteiger partial charge in [0.05, 0.1) is 11.0 Å². The number of nitrogens with zero attached hydrogens (tertiary/aromatic N) is 2. The van der Waals surface area contributed by atoms with Crippen molar-refractivity contribution in [3.8, 4) is 0 Å². The van der Waals surface area contributed by atoms with Crippen molar-refractivity contribution in [3.05, 3.63) is 58.5 Å². The summed E-state index contributed by atoms with van der Waals surface area (Å²) in [6, 6.07) is 12.7. The molecule has 0 fully saturated rings. The summed E-state index contributed by atoms with van der Waals surface area (Å²) in [5, 5.41) is 2.84. The third kappa shape index (κ3) is 2.83. The summed E-state index contributed by atoms with van der Waals surface area (Å²) in [7, 11) is 5.60. The Hall–Kier alpha value is -3.02. The summed E-state index contributed by atoms with van der Waals surface area (Å²) < 4.78 is 1.53. The molecule has 2 N–H and O–H groups in total. The minimum atomic E-state index is -0.187. The molecule has 0 bridgehead atoms. The van der Waals surface area contributed by atoms with Crippen LogP contribution in [0.5, 0.6) is 0 Å². The number of carbonyl (C=O) groups excluding carboxylic acids is 1. The number of anilines is 2. The van der Waals surface area contributed by atoms with E-state index in [4.69, 9.17) is 0 Å². The molecule has 1 heterocycles. The fourth-order valence-electron chi connectivity index (χ4n) is 2.43. The summed E-state index contributed by atoms with van der Waals surface area (Å²) in [6.07, 6.45) is 0. The van der Waals surface area contributed by atoms with Crippen molar-refractivity contribution in [3.63, 3.8) is 0 Å². The lowest BCUT2D eigenvalue weighted by Crippen LogP contribution is -2.13. The van der Waals surface area contributed by atoms with Crippen molar-refractivity contribution in [1.82, 2.24) is 9.55 Å². The van der Waals surface area contributed by atoms with Crippen LogP contribution in [-0.4, -0.2) is 29.6 Å². The van der Waals surface area contributed by atoms with Crippen LogP contribution in [0.1, 0.15) is 10.4 Å². The maximum Gasteiger partial charge on any atom is 0.326 e. The van der Waals surface area contributed by atoms with E-state index in [9.17, 15) is 9.59 Å². The molecule has 0 unspecified atom stereocenters. The van der Waals surface area contributed by atoms with Crippen LogP contribution in [0.2, 0.25) is 0 Å². The van der Waals surface area contributed by atoms with Crippen molar-refractivity contribution in [2.45, 2.75) is 0 Å². The number of aromatic amines is 1. The molecule has 0 atom stereocenters. The molecule has 1 aromatic heterocycles. The maximum atomic E-state index is 12.3. The number of nitrogens with one attached hydrogen (secondary N) is 2. The van der Waals surface area contributed by atoms with E-state index in [1.165, 1.54) is 4.57 Å². The van der Waals surface area contributed by atoms with E-state index in [1.54, 1.807) is 37.4 Å². The summed E-state index contributed by atoms with van der Waals surface area (Å²) in [5.41, 5.74) is 3.56. The minimum absolute atomic E-state index is 0.178. The molecular weight excluding hydrogens is 292 g/mol.